The Morgan fingerprint density at radius 1 is 0.708 bits per heavy atom. The predicted octanol–water partition coefficient (Wildman–Crippen LogP) is 8.97. The van der Waals surface area contributed by atoms with Crippen molar-refractivity contribution in [2.75, 3.05) is 19.8 Å². The van der Waals surface area contributed by atoms with E-state index < -0.39 is 38.6 Å². The largest absolute Gasteiger partial charge is 0.472 e. The average Bonchev–Trinajstić information content (AvgIpc) is 3.06. The summed E-state index contributed by atoms with van der Waals surface area (Å²) < 4.78 is 21.9. The van der Waals surface area contributed by atoms with Gasteiger partial charge in [-0.1, -0.05) is 134 Å². The van der Waals surface area contributed by atoms with Crippen molar-refractivity contribution in [3.63, 3.8) is 0 Å². The molecule has 0 aromatic rings. The first-order valence-corrected chi connectivity index (χ1v) is 20.7. The van der Waals surface area contributed by atoms with Gasteiger partial charge in [0.05, 0.1) is 37.9 Å². The van der Waals surface area contributed by atoms with Gasteiger partial charge in [-0.2, -0.15) is 0 Å². The molecular formula is C38H73N2O7P. The first kappa shape index (κ1) is 46.7. The molecular weight excluding hydrogens is 627 g/mol. The standard InChI is InChI=1S/C38H73N2O7P/c1-3-5-7-9-11-13-15-16-17-18-20-21-23-25-27-29-35(41)33-38(43)40-36(34-47-48(44,45)46-32-31-39)37(42)30-28-26-24-22-19-14-12-10-8-6-4-2/h16-17,19,22,28,30,35-37,41-42H,3-15,18,20-21,23-27,29,31-34,39H2,1-2H3,(H,40,43)(H,44,45)/b17-16-,22-19+,30-28+. The highest BCUT2D eigenvalue weighted by Crippen LogP contribution is 2.43. The number of aliphatic hydroxyl groups excluding tert-OH is 2. The van der Waals surface area contributed by atoms with Crippen LogP contribution in [0.4, 0.5) is 0 Å². The molecule has 0 aliphatic heterocycles. The molecule has 0 rings (SSSR count). The van der Waals surface area contributed by atoms with E-state index in [9.17, 15) is 24.5 Å². The van der Waals surface area contributed by atoms with Crippen molar-refractivity contribution in [1.29, 1.82) is 0 Å². The fourth-order valence-electron chi connectivity index (χ4n) is 5.30. The van der Waals surface area contributed by atoms with E-state index in [1.807, 2.05) is 6.08 Å². The Kier molecular flexibility index (Phi) is 33.2. The molecule has 282 valence electrons. The van der Waals surface area contributed by atoms with Gasteiger partial charge in [0, 0.05) is 6.54 Å². The Morgan fingerprint density at radius 3 is 1.73 bits per heavy atom. The van der Waals surface area contributed by atoms with Gasteiger partial charge in [0.25, 0.3) is 0 Å². The lowest BCUT2D eigenvalue weighted by Crippen LogP contribution is -2.46. The number of phosphoric ester groups is 1. The number of nitrogens with one attached hydrogen (secondary N) is 1. The van der Waals surface area contributed by atoms with Crippen molar-refractivity contribution in [3.05, 3.63) is 36.5 Å². The second kappa shape index (κ2) is 34.1. The Balaban J connectivity index is 4.45. The number of rotatable bonds is 35. The molecule has 9 nitrogen and oxygen atoms in total. The number of carbonyl (C=O) groups is 1. The quantitative estimate of drug-likeness (QED) is 0.0250. The summed E-state index contributed by atoms with van der Waals surface area (Å²) in [5.74, 6) is -0.464. The summed E-state index contributed by atoms with van der Waals surface area (Å²) in [7, 11) is -4.40. The number of hydrogen-bond acceptors (Lipinski definition) is 7. The van der Waals surface area contributed by atoms with Crippen LogP contribution in [0.2, 0.25) is 0 Å². The molecule has 0 saturated heterocycles. The number of nitrogens with two attached hydrogens (primary N) is 1. The molecule has 1 amide bonds. The lowest BCUT2D eigenvalue weighted by Gasteiger charge is -2.24. The molecule has 0 aromatic heterocycles. The Morgan fingerprint density at radius 2 is 1.19 bits per heavy atom. The molecule has 0 saturated carbocycles. The zero-order valence-corrected chi connectivity index (χ0v) is 31.5. The molecule has 0 aromatic carbocycles. The van der Waals surface area contributed by atoms with Gasteiger partial charge in [0.2, 0.25) is 5.91 Å². The fraction of sp³-hybridized carbons (Fsp3) is 0.816. The summed E-state index contributed by atoms with van der Waals surface area (Å²) in [5, 5.41) is 23.9. The molecule has 6 N–H and O–H groups in total. The molecule has 48 heavy (non-hydrogen) atoms. The van der Waals surface area contributed by atoms with Gasteiger partial charge in [-0.15, -0.1) is 0 Å². The van der Waals surface area contributed by atoms with E-state index in [1.54, 1.807) is 6.08 Å². The number of amides is 1. The van der Waals surface area contributed by atoms with Crippen molar-refractivity contribution in [1.82, 2.24) is 5.32 Å². The third-order valence-corrected chi connectivity index (χ3v) is 9.23. The zero-order valence-electron chi connectivity index (χ0n) is 30.6. The Bertz CT molecular complexity index is 868. The summed E-state index contributed by atoms with van der Waals surface area (Å²) in [6, 6.07) is -0.999. The first-order chi connectivity index (χ1) is 23.3. The number of aliphatic hydroxyl groups is 2. The first-order valence-electron chi connectivity index (χ1n) is 19.2. The molecule has 0 spiro atoms. The van der Waals surface area contributed by atoms with Crippen LogP contribution in [0.25, 0.3) is 0 Å². The monoisotopic (exact) mass is 701 g/mol. The topological polar surface area (TPSA) is 151 Å². The van der Waals surface area contributed by atoms with Crippen LogP contribution in [0.15, 0.2) is 36.5 Å². The van der Waals surface area contributed by atoms with E-state index in [0.29, 0.717) is 12.8 Å². The zero-order chi connectivity index (χ0) is 35.6. The van der Waals surface area contributed by atoms with Crippen LogP contribution in [0.1, 0.15) is 162 Å². The number of allylic oxidation sites excluding steroid dienone is 5. The number of hydrogen-bond donors (Lipinski definition) is 5. The number of carbonyl (C=O) groups excluding carboxylic acids is 1. The SMILES string of the molecule is CCCCCCC/C=C/CC/C=C/C(O)C(COP(=O)(O)OCCN)NC(=O)CC(O)CCCCCCC/C=C\CCCCCCCC. The van der Waals surface area contributed by atoms with Crippen molar-refractivity contribution < 1.29 is 33.5 Å². The maximum atomic E-state index is 12.7. The maximum absolute atomic E-state index is 12.7. The smallest absolute Gasteiger partial charge is 0.393 e. The molecule has 0 aliphatic carbocycles. The second-order valence-corrected chi connectivity index (χ2v) is 14.4. The van der Waals surface area contributed by atoms with Crippen LogP contribution in [0, 0.1) is 0 Å². The predicted molar refractivity (Wildman–Crippen MR) is 200 cm³/mol. The summed E-state index contributed by atoms with van der Waals surface area (Å²) in [5.41, 5.74) is 5.34. The summed E-state index contributed by atoms with van der Waals surface area (Å²) in [6.45, 7) is 3.89. The second-order valence-electron chi connectivity index (χ2n) is 13.0. The minimum Gasteiger partial charge on any atom is -0.393 e. The highest BCUT2D eigenvalue weighted by molar-refractivity contribution is 7.47. The van der Waals surface area contributed by atoms with Crippen LogP contribution < -0.4 is 11.1 Å². The van der Waals surface area contributed by atoms with E-state index in [0.717, 1.165) is 44.9 Å². The van der Waals surface area contributed by atoms with Crippen molar-refractivity contribution in [2.24, 2.45) is 5.73 Å². The van der Waals surface area contributed by atoms with Crippen LogP contribution >= 0.6 is 7.82 Å². The van der Waals surface area contributed by atoms with Gasteiger partial charge in [0.15, 0.2) is 0 Å². The molecule has 4 unspecified atom stereocenters. The van der Waals surface area contributed by atoms with Gasteiger partial charge in [-0.25, -0.2) is 4.57 Å². The third-order valence-electron chi connectivity index (χ3n) is 8.24. The average molecular weight is 701 g/mol. The normalized spacial score (nSPS) is 15.4. The number of phosphoric acid groups is 1. The lowest BCUT2D eigenvalue weighted by atomic mass is 10.0. The molecule has 4 atom stereocenters. The molecule has 0 bridgehead atoms. The maximum Gasteiger partial charge on any atom is 0.472 e. The Labute approximate surface area is 293 Å². The molecule has 0 heterocycles. The van der Waals surface area contributed by atoms with Gasteiger partial charge in [-0.05, 0) is 57.8 Å². The van der Waals surface area contributed by atoms with E-state index in [2.05, 4.69) is 43.5 Å². The van der Waals surface area contributed by atoms with Crippen LogP contribution in [-0.4, -0.2) is 59.0 Å². The van der Waals surface area contributed by atoms with Gasteiger partial charge < -0.3 is 26.2 Å². The summed E-state index contributed by atoms with van der Waals surface area (Å²) in [6.07, 6.45) is 35.2. The van der Waals surface area contributed by atoms with Crippen molar-refractivity contribution >= 4 is 13.7 Å². The van der Waals surface area contributed by atoms with E-state index in [1.165, 1.54) is 83.5 Å². The third kappa shape index (κ3) is 31.9. The lowest BCUT2D eigenvalue weighted by molar-refractivity contribution is -0.124. The van der Waals surface area contributed by atoms with E-state index >= 15 is 0 Å². The van der Waals surface area contributed by atoms with Gasteiger partial charge >= 0.3 is 7.82 Å². The molecule has 0 aliphatic rings. The van der Waals surface area contributed by atoms with Crippen LogP contribution in [0.3, 0.4) is 0 Å². The minimum atomic E-state index is -4.40. The Hall–Kier alpha value is -1.32. The van der Waals surface area contributed by atoms with Gasteiger partial charge in [0.1, 0.15) is 0 Å². The molecule has 10 heteroatoms. The number of unbranched alkanes of at least 4 members (excludes halogenated alkanes) is 17. The van der Waals surface area contributed by atoms with Crippen LogP contribution in [0.5, 0.6) is 0 Å². The van der Waals surface area contributed by atoms with E-state index in [-0.39, 0.29) is 19.6 Å². The summed E-state index contributed by atoms with van der Waals surface area (Å²) in [4.78, 5) is 22.6. The minimum absolute atomic E-state index is 0.0430. The fourth-order valence-corrected chi connectivity index (χ4v) is 6.06. The van der Waals surface area contributed by atoms with Crippen molar-refractivity contribution in [3.8, 4) is 0 Å². The van der Waals surface area contributed by atoms with Gasteiger partial charge in [-0.3, -0.25) is 13.8 Å². The summed E-state index contributed by atoms with van der Waals surface area (Å²) >= 11 is 0. The highest BCUT2D eigenvalue weighted by atomic mass is 31.2. The van der Waals surface area contributed by atoms with E-state index in [4.69, 9.17) is 14.8 Å². The highest BCUT2D eigenvalue weighted by Gasteiger charge is 2.27. The van der Waals surface area contributed by atoms with Crippen molar-refractivity contribution in [2.45, 2.75) is 180 Å². The van der Waals surface area contributed by atoms with Crippen LogP contribution in [-0.2, 0) is 18.4 Å². The molecule has 0 fully saturated rings. The molecule has 0 radical (unpaired) electrons.